The Morgan fingerprint density at radius 1 is 1.40 bits per heavy atom. The van der Waals surface area contributed by atoms with E-state index >= 15 is 0 Å². The van der Waals surface area contributed by atoms with Crippen LogP contribution in [0, 0.1) is 6.92 Å². The van der Waals surface area contributed by atoms with Gasteiger partial charge in [-0.15, -0.1) is 0 Å². The standard InChI is InChI=1S/C12H11NO2/c1-9-4-11-5-10(7-15-8-14)2-3-12(11)13-6-9/h2-6,8H,7H2,1H3. The molecule has 1 aromatic heterocycles. The maximum atomic E-state index is 10.1. The number of rotatable bonds is 3. The quantitative estimate of drug-likeness (QED) is 0.715. The average Bonchev–Trinajstić information content (AvgIpc) is 2.25. The number of ether oxygens (including phenoxy) is 1. The van der Waals surface area contributed by atoms with Crippen molar-refractivity contribution in [1.82, 2.24) is 4.98 Å². The van der Waals surface area contributed by atoms with Gasteiger partial charge in [0.25, 0.3) is 6.47 Å². The fraction of sp³-hybridized carbons (Fsp3) is 0.167. The molecule has 0 saturated heterocycles. The van der Waals surface area contributed by atoms with Gasteiger partial charge in [-0.05, 0) is 36.2 Å². The minimum absolute atomic E-state index is 0.313. The zero-order chi connectivity index (χ0) is 10.7. The molecule has 0 spiro atoms. The number of nitrogens with zero attached hydrogens (tertiary/aromatic N) is 1. The summed E-state index contributed by atoms with van der Waals surface area (Å²) in [4.78, 5) is 14.4. The van der Waals surface area contributed by atoms with E-state index in [0.717, 1.165) is 22.0 Å². The molecule has 0 amide bonds. The molecule has 3 nitrogen and oxygen atoms in total. The Morgan fingerprint density at radius 2 is 2.27 bits per heavy atom. The van der Waals surface area contributed by atoms with Crippen molar-refractivity contribution in [2.45, 2.75) is 13.5 Å². The molecule has 15 heavy (non-hydrogen) atoms. The molecular weight excluding hydrogens is 190 g/mol. The number of aryl methyl sites for hydroxylation is 1. The van der Waals surface area contributed by atoms with Gasteiger partial charge in [-0.1, -0.05) is 6.07 Å². The van der Waals surface area contributed by atoms with Crippen LogP contribution in [0.2, 0.25) is 0 Å². The van der Waals surface area contributed by atoms with Gasteiger partial charge in [-0.2, -0.15) is 0 Å². The molecule has 76 valence electrons. The number of fused-ring (bicyclic) bond motifs is 1. The summed E-state index contributed by atoms with van der Waals surface area (Å²) in [5, 5.41) is 1.07. The van der Waals surface area contributed by atoms with Crippen LogP contribution in [-0.4, -0.2) is 11.5 Å². The van der Waals surface area contributed by atoms with Crippen molar-refractivity contribution in [1.29, 1.82) is 0 Å². The predicted molar refractivity (Wildman–Crippen MR) is 57.3 cm³/mol. The van der Waals surface area contributed by atoms with E-state index in [4.69, 9.17) is 4.74 Å². The third kappa shape index (κ3) is 2.13. The first kappa shape index (κ1) is 9.65. The van der Waals surface area contributed by atoms with E-state index in [0.29, 0.717) is 13.1 Å². The number of aromatic nitrogens is 1. The number of benzene rings is 1. The summed E-state index contributed by atoms with van der Waals surface area (Å²) in [5.41, 5.74) is 3.05. The van der Waals surface area contributed by atoms with Gasteiger partial charge in [-0.25, -0.2) is 0 Å². The summed E-state index contributed by atoms with van der Waals surface area (Å²) in [7, 11) is 0. The molecule has 0 fully saturated rings. The van der Waals surface area contributed by atoms with E-state index in [9.17, 15) is 4.79 Å². The molecule has 0 unspecified atom stereocenters. The van der Waals surface area contributed by atoms with Crippen LogP contribution in [0.25, 0.3) is 10.9 Å². The number of pyridine rings is 1. The van der Waals surface area contributed by atoms with Gasteiger partial charge >= 0.3 is 0 Å². The number of carbonyl (C=O) groups is 1. The Bertz CT molecular complexity index is 494. The second kappa shape index (κ2) is 4.09. The first-order valence-corrected chi connectivity index (χ1v) is 4.70. The minimum atomic E-state index is 0.313. The molecule has 0 aliphatic rings. The van der Waals surface area contributed by atoms with Crippen LogP contribution in [0.5, 0.6) is 0 Å². The maximum absolute atomic E-state index is 10.1. The van der Waals surface area contributed by atoms with E-state index < -0.39 is 0 Å². The number of hydrogen-bond donors (Lipinski definition) is 0. The summed E-state index contributed by atoms with van der Waals surface area (Å²) >= 11 is 0. The fourth-order valence-corrected chi connectivity index (χ4v) is 1.51. The first-order valence-electron chi connectivity index (χ1n) is 4.70. The Balaban J connectivity index is 2.40. The minimum Gasteiger partial charge on any atom is -0.463 e. The highest BCUT2D eigenvalue weighted by atomic mass is 16.5. The van der Waals surface area contributed by atoms with Crippen molar-refractivity contribution in [2.24, 2.45) is 0 Å². The Morgan fingerprint density at radius 3 is 3.07 bits per heavy atom. The summed E-state index contributed by atoms with van der Waals surface area (Å²) in [6, 6.07) is 7.89. The highest BCUT2D eigenvalue weighted by molar-refractivity contribution is 5.79. The van der Waals surface area contributed by atoms with Crippen LogP contribution >= 0.6 is 0 Å². The lowest BCUT2D eigenvalue weighted by Crippen LogP contribution is -1.90. The molecule has 1 aromatic carbocycles. The van der Waals surface area contributed by atoms with Crippen LogP contribution in [0.15, 0.2) is 30.5 Å². The molecule has 0 radical (unpaired) electrons. The summed E-state index contributed by atoms with van der Waals surface area (Å²) in [5.74, 6) is 0. The van der Waals surface area contributed by atoms with Crippen molar-refractivity contribution >= 4 is 17.4 Å². The lowest BCUT2D eigenvalue weighted by atomic mass is 10.1. The maximum Gasteiger partial charge on any atom is 0.293 e. The fourth-order valence-electron chi connectivity index (χ4n) is 1.51. The number of carbonyl (C=O) groups excluding carboxylic acids is 1. The monoisotopic (exact) mass is 201 g/mol. The van der Waals surface area contributed by atoms with Gasteiger partial charge in [0.05, 0.1) is 5.52 Å². The molecule has 0 atom stereocenters. The van der Waals surface area contributed by atoms with Crippen LogP contribution in [0.4, 0.5) is 0 Å². The third-order valence-electron chi connectivity index (χ3n) is 2.20. The van der Waals surface area contributed by atoms with E-state index in [-0.39, 0.29) is 0 Å². The number of hydrogen-bond acceptors (Lipinski definition) is 3. The van der Waals surface area contributed by atoms with E-state index in [1.807, 2.05) is 31.3 Å². The zero-order valence-corrected chi connectivity index (χ0v) is 8.43. The molecule has 0 aliphatic heterocycles. The lowest BCUT2D eigenvalue weighted by Gasteiger charge is -2.02. The second-order valence-electron chi connectivity index (χ2n) is 3.45. The average molecular weight is 201 g/mol. The summed E-state index contributed by atoms with van der Waals surface area (Å²) < 4.78 is 4.70. The van der Waals surface area contributed by atoms with Crippen LogP contribution in [0.3, 0.4) is 0 Å². The largest absolute Gasteiger partial charge is 0.463 e. The molecule has 0 saturated carbocycles. The third-order valence-corrected chi connectivity index (χ3v) is 2.20. The normalized spacial score (nSPS) is 10.2. The van der Waals surface area contributed by atoms with E-state index in [1.54, 1.807) is 0 Å². The van der Waals surface area contributed by atoms with Crippen molar-refractivity contribution in [3.05, 3.63) is 41.6 Å². The lowest BCUT2D eigenvalue weighted by molar-refractivity contribution is -0.129. The predicted octanol–water partition coefficient (Wildman–Crippen LogP) is 2.22. The molecule has 2 aromatic rings. The zero-order valence-electron chi connectivity index (χ0n) is 8.43. The van der Waals surface area contributed by atoms with Gasteiger partial charge < -0.3 is 4.74 Å². The second-order valence-corrected chi connectivity index (χ2v) is 3.45. The molecule has 2 rings (SSSR count). The smallest absolute Gasteiger partial charge is 0.293 e. The van der Waals surface area contributed by atoms with Crippen LogP contribution in [-0.2, 0) is 16.1 Å². The SMILES string of the molecule is Cc1cnc2ccc(COC=O)cc2c1. The van der Waals surface area contributed by atoms with Crippen LogP contribution in [0.1, 0.15) is 11.1 Å². The topological polar surface area (TPSA) is 39.2 Å². The van der Waals surface area contributed by atoms with Gasteiger partial charge in [0.1, 0.15) is 6.61 Å². The molecule has 0 bridgehead atoms. The molecular formula is C12H11NO2. The van der Waals surface area contributed by atoms with E-state index in [1.165, 1.54) is 0 Å². The van der Waals surface area contributed by atoms with Gasteiger partial charge in [0, 0.05) is 11.6 Å². The van der Waals surface area contributed by atoms with Crippen molar-refractivity contribution < 1.29 is 9.53 Å². The highest BCUT2D eigenvalue weighted by Crippen LogP contribution is 2.15. The Labute approximate surface area is 87.7 Å². The molecule has 3 heteroatoms. The van der Waals surface area contributed by atoms with Gasteiger partial charge in [-0.3, -0.25) is 9.78 Å². The van der Waals surface area contributed by atoms with Gasteiger partial charge in [0.2, 0.25) is 0 Å². The van der Waals surface area contributed by atoms with Crippen molar-refractivity contribution in [3.8, 4) is 0 Å². The molecule has 0 N–H and O–H groups in total. The van der Waals surface area contributed by atoms with Gasteiger partial charge in [0.15, 0.2) is 0 Å². The highest BCUT2D eigenvalue weighted by Gasteiger charge is 1.98. The summed E-state index contributed by atoms with van der Waals surface area (Å²) in [6.07, 6.45) is 1.84. The van der Waals surface area contributed by atoms with Crippen molar-refractivity contribution in [2.75, 3.05) is 0 Å². The first-order chi connectivity index (χ1) is 7.29. The molecule has 0 aliphatic carbocycles. The Hall–Kier alpha value is -1.90. The summed E-state index contributed by atoms with van der Waals surface area (Å²) in [6.45, 7) is 2.77. The molecule has 1 heterocycles. The van der Waals surface area contributed by atoms with Crippen molar-refractivity contribution in [3.63, 3.8) is 0 Å². The van der Waals surface area contributed by atoms with E-state index in [2.05, 4.69) is 11.1 Å². The Kier molecular flexibility index (Phi) is 2.63. The van der Waals surface area contributed by atoms with Crippen LogP contribution < -0.4 is 0 Å².